The quantitative estimate of drug-likeness (QED) is 0.747. The second-order valence-corrected chi connectivity index (χ2v) is 5.51. The van der Waals surface area contributed by atoms with E-state index in [4.69, 9.17) is 5.73 Å². The first kappa shape index (κ1) is 9.49. The van der Waals surface area contributed by atoms with E-state index in [9.17, 15) is 0 Å². The monoisotopic (exact) mass is 207 g/mol. The van der Waals surface area contributed by atoms with Crippen LogP contribution in [0.5, 0.6) is 0 Å². The number of nitrogens with zero attached hydrogens (tertiary/aromatic N) is 2. The lowest BCUT2D eigenvalue weighted by Gasteiger charge is -2.42. The molecule has 1 heterocycles. The zero-order chi connectivity index (χ0) is 10.5. The Morgan fingerprint density at radius 1 is 1.53 bits per heavy atom. The number of nitrogens with two attached hydrogens (primary N) is 1. The second-order valence-electron chi connectivity index (χ2n) is 5.51. The molecule has 2 saturated carbocycles. The summed E-state index contributed by atoms with van der Waals surface area (Å²) in [4.78, 5) is 6.94. The van der Waals surface area contributed by atoms with Gasteiger partial charge in [-0.25, -0.2) is 0 Å². The van der Waals surface area contributed by atoms with Crippen molar-refractivity contribution in [1.29, 1.82) is 0 Å². The van der Waals surface area contributed by atoms with Crippen molar-refractivity contribution in [3.63, 3.8) is 0 Å². The van der Waals surface area contributed by atoms with Crippen molar-refractivity contribution >= 4 is 5.96 Å². The Morgan fingerprint density at radius 2 is 2.40 bits per heavy atom. The van der Waals surface area contributed by atoms with Crippen molar-refractivity contribution < 1.29 is 0 Å². The molecule has 3 nitrogen and oxygen atoms in total. The summed E-state index contributed by atoms with van der Waals surface area (Å²) in [7, 11) is 0. The van der Waals surface area contributed by atoms with E-state index in [2.05, 4.69) is 16.8 Å². The maximum Gasteiger partial charge on any atom is 0.191 e. The molecule has 2 fully saturated rings. The van der Waals surface area contributed by atoms with Crippen LogP contribution in [0.3, 0.4) is 0 Å². The van der Waals surface area contributed by atoms with Crippen LogP contribution in [0, 0.1) is 11.8 Å². The third-order valence-electron chi connectivity index (χ3n) is 4.72. The number of rotatable bonds is 2. The SMILES string of the molecule is CCCN1C(N)=NCC12CC1CCC2C1. The number of hydrogen-bond acceptors (Lipinski definition) is 3. The smallest absolute Gasteiger partial charge is 0.191 e. The molecule has 2 aliphatic carbocycles. The van der Waals surface area contributed by atoms with E-state index >= 15 is 0 Å². The fourth-order valence-corrected chi connectivity index (χ4v) is 4.12. The van der Waals surface area contributed by atoms with Gasteiger partial charge in [0.2, 0.25) is 0 Å². The van der Waals surface area contributed by atoms with Crippen molar-refractivity contribution in [2.75, 3.05) is 13.1 Å². The van der Waals surface area contributed by atoms with Gasteiger partial charge in [0.1, 0.15) is 0 Å². The van der Waals surface area contributed by atoms with Gasteiger partial charge in [-0.15, -0.1) is 0 Å². The fraction of sp³-hybridized carbons (Fsp3) is 0.917. The first-order chi connectivity index (χ1) is 7.26. The van der Waals surface area contributed by atoms with E-state index in [-0.39, 0.29) is 0 Å². The molecule has 0 saturated heterocycles. The Morgan fingerprint density at radius 3 is 3.00 bits per heavy atom. The zero-order valence-electron chi connectivity index (χ0n) is 9.58. The number of aliphatic imine (C=N–C) groups is 1. The third kappa shape index (κ3) is 1.15. The highest BCUT2D eigenvalue weighted by atomic mass is 15.4. The van der Waals surface area contributed by atoms with E-state index in [1.165, 1.54) is 32.1 Å². The summed E-state index contributed by atoms with van der Waals surface area (Å²) >= 11 is 0. The molecule has 0 aromatic carbocycles. The Hall–Kier alpha value is -0.730. The van der Waals surface area contributed by atoms with Crippen LogP contribution < -0.4 is 5.73 Å². The van der Waals surface area contributed by atoms with Crippen LogP contribution in [0.4, 0.5) is 0 Å². The molecule has 2 bridgehead atoms. The van der Waals surface area contributed by atoms with Gasteiger partial charge in [0.05, 0.1) is 12.1 Å². The minimum absolute atomic E-state index is 0.350. The van der Waals surface area contributed by atoms with Gasteiger partial charge in [0.15, 0.2) is 5.96 Å². The van der Waals surface area contributed by atoms with Crippen LogP contribution in [0.15, 0.2) is 4.99 Å². The summed E-state index contributed by atoms with van der Waals surface area (Å²) in [5, 5.41) is 0. The number of hydrogen-bond donors (Lipinski definition) is 1. The fourth-order valence-electron chi connectivity index (χ4n) is 4.12. The Labute approximate surface area is 91.7 Å². The van der Waals surface area contributed by atoms with Gasteiger partial charge in [0, 0.05) is 6.54 Å². The summed E-state index contributed by atoms with van der Waals surface area (Å²) in [5.41, 5.74) is 6.38. The van der Waals surface area contributed by atoms with Gasteiger partial charge in [-0.05, 0) is 43.9 Å². The highest BCUT2D eigenvalue weighted by Crippen LogP contribution is 2.54. The molecule has 0 aromatic rings. The Kier molecular flexibility index (Phi) is 1.98. The van der Waals surface area contributed by atoms with E-state index in [1.54, 1.807) is 0 Å². The molecule has 0 aromatic heterocycles. The first-order valence-corrected chi connectivity index (χ1v) is 6.34. The normalized spacial score (nSPS) is 43.0. The third-order valence-corrected chi connectivity index (χ3v) is 4.72. The summed E-state index contributed by atoms with van der Waals surface area (Å²) < 4.78 is 0. The molecule has 15 heavy (non-hydrogen) atoms. The zero-order valence-corrected chi connectivity index (χ0v) is 9.58. The largest absolute Gasteiger partial charge is 0.370 e. The molecule has 2 N–H and O–H groups in total. The van der Waals surface area contributed by atoms with Crippen molar-refractivity contribution in [1.82, 2.24) is 4.90 Å². The van der Waals surface area contributed by atoms with Crippen LogP contribution >= 0.6 is 0 Å². The molecule has 0 radical (unpaired) electrons. The van der Waals surface area contributed by atoms with Crippen molar-refractivity contribution in [2.24, 2.45) is 22.6 Å². The summed E-state index contributed by atoms with van der Waals surface area (Å²) in [5.74, 6) is 2.65. The minimum atomic E-state index is 0.350. The van der Waals surface area contributed by atoms with Gasteiger partial charge in [-0.3, -0.25) is 4.99 Å². The maximum atomic E-state index is 6.03. The highest BCUT2D eigenvalue weighted by molar-refractivity contribution is 5.81. The predicted molar refractivity (Wildman–Crippen MR) is 61.7 cm³/mol. The lowest BCUT2D eigenvalue weighted by Crippen LogP contribution is -2.54. The van der Waals surface area contributed by atoms with E-state index in [0.717, 1.165) is 30.9 Å². The van der Waals surface area contributed by atoms with Crippen molar-refractivity contribution in [2.45, 2.75) is 44.6 Å². The standard InChI is InChI=1S/C12H21N3/c1-2-5-15-11(13)14-8-12(15)7-9-3-4-10(12)6-9/h9-10H,2-8H2,1H3,(H2,13,14). The lowest BCUT2D eigenvalue weighted by molar-refractivity contribution is 0.123. The Balaban J connectivity index is 1.87. The summed E-state index contributed by atoms with van der Waals surface area (Å²) in [6, 6.07) is 0. The first-order valence-electron chi connectivity index (χ1n) is 6.34. The van der Waals surface area contributed by atoms with Crippen LogP contribution in [-0.4, -0.2) is 29.5 Å². The van der Waals surface area contributed by atoms with Crippen LogP contribution in [0.2, 0.25) is 0 Å². The average Bonchev–Trinajstić information content (AvgIpc) is 2.88. The molecule has 3 heteroatoms. The molecular formula is C12H21N3. The van der Waals surface area contributed by atoms with Crippen molar-refractivity contribution in [3.8, 4) is 0 Å². The number of guanidine groups is 1. The van der Waals surface area contributed by atoms with Gasteiger partial charge < -0.3 is 10.6 Å². The van der Waals surface area contributed by atoms with Gasteiger partial charge in [-0.1, -0.05) is 6.92 Å². The summed E-state index contributed by atoms with van der Waals surface area (Å²) in [6.07, 6.45) is 6.82. The lowest BCUT2D eigenvalue weighted by atomic mass is 9.80. The van der Waals surface area contributed by atoms with E-state index in [1.807, 2.05) is 0 Å². The van der Waals surface area contributed by atoms with Crippen molar-refractivity contribution in [3.05, 3.63) is 0 Å². The molecular weight excluding hydrogens is 186 g/mol. The average molecular weight is 207 g/mol. The highest BCUT2D eigenvalue weighted by Gasteiger charge is 2.56. The van der Waals surface area contributed by atoms with Crippen LogP contribution in [0.1, 0.15) is 39.0 Å². The second kappa shape index (κ2) is 3.13. The Bertz CT molecular complexity index is 299. The van der Waals surface area contributed by atoms with Gasteiger partial charge >= 0.3 is 0 Å². The molecule has 0 amide bonds. The topological polar surface area (TPSA) is 41.6 Å². The van der Waals surface area contributed by atoms with Gasteiger partial charge in [0.25, 0.3) is 0 Å². The van der Waals surface area contributed by atoms with Gasteiger partial charge in [-0.2, -0.15) is 0 Å². The van der Waals surface area contributed by atoms with Crippen LogP contribution in [-0.2, 0) is 0 Å². The molecule has 1 aliphatic heterocycles. The molecule has 1 spiro atoms. The summed E-state index contributed by atoms with van der Waals surface area (Å²) in [6.45, 7) is 4.30. The van der Waals surface area contributed by atoms with Crippen LogP contribution in [0.25, 0.3) is 0 Å². The molecule has 3 atom stereocenters. The molecule has 3 rings (SSSR count). The maximum absolute atomic E-state index is 6.03. The predicted octanol–water partition coefficient (Wildman–Crippen LogP) is 1.59. The molecule has 84 valence electrons. The molecule has 3 aliphatic rings. The van der Waals surface area contributed by atoms with E-state index in [0.29, 0.717) is 5.54 Å². The number of fused-ring (bicyclic) bond motifs is 3. The van der Waals surface area contributed by atoms with E-state index < -0.39 is 0 Å². The molecule has 3 unspecified atom stereocenters. The minimum Gasteiger partial charge on any atom is -0.370 e.